The summed E-state index contributed by atoms with van der Waals surface area (Å²) in [4.78, 5) is 0. The van der Waals surface area contributed by atoms with Gasteiger partial charge in [0.25, 0.3) is 0 Å². The van der Waals surface area contributed by atoms with E-state index in [1.165, 1.54) is 0 Å². The van der Waals surface area contributed by atoms with Crippen LogP contribution in [0.2, 0.25) is 0 Å². The van der Waals surface area contributed by atoms with Crippen molar-refractivity contribution >= 4 is 5.69 Å². The van der Waals surface area contributed by atoms with Crippen molar-refractivity contribution in [2.45, 2.75) is 32.9 Å². The molecule has 1 aromatic heterocycles. The van der Waals surface area contributed by atoms with Crippen LogP contribution in [0.25, 0.3) is 0 Å². The molecule has 1 unspecified atom stereocenters. The molecule has 0 radical (unpaired) electrons. The van der Waals surface area contributed by atoms with Crippen molar-refractivity contribution in [2.75, 3.05) is 12.4 Å². The summed E-state index contributed by atoms with van der Waals surface area (Å²) in [6.45, 7) is 5.04. The minimum Gasteiger partial charge on any atom is -0.495 e. The zero-order chi connectivity index (χ0) is 13.7. The highest BCUT2D eigenvalue weighted by atomic mass is 16.5. The molecule has 4 nitrogen and oxygen atoms in total. The molecule has 0 saturated carbocycles. The summed E-state index contributed by atoms with van der Waals surface area (Å²) in [6, 6.07) is 10.4. The van der Waals surface area contributed by atoms with Crippen LogP contribution in [-0.4, -0.2) is 16.9 Å². The highest BCUT2D eigenvalue weighted by Gasteiger charge is 2.05. The number of para-hydroxylation sites is 2. The normalized spacial score (nSPS) is 12.2. The molecule has 0 fully saturated rings. The minimum atomic E-state index is 0.444. The number of anilines is 1. The van der Waals surface area contributed by atoms with Crippen molar-refractivity contribution in [3.63, 3.8) is 0 Å². The Kier molecular flexibility index (Phi) is 4.44. The van der Waals surface area contributed by atoms with Crippen LogP contribution < -0.4 is 10.1 Å². The molecule has 0 amide bonds. The van der Waals surface area contributed by atoms with Crippen molar-refractivity contribution in [3.8, 4) is 5.75 Å². The van der Waals surface area contributed by atoms with Gasteiger partial charge in [0.15, 0.2) is 0 Å². The largest absolute Gasteiger partial charge is 0.495 e. The molecule has 2 rings (SSSR count). The molecule has 2 aromatic rings. The van der Waals surface area contributed by atoms with Crippen molar-refractivity contribution in [2.24, 2.45) is 0 Å². The van der Waals surface area contributed by atoms with Crippen LogP contribution in [0.1, 0.15) is 32.0 Å². The SMILES string of the molecule is CCC(C)n1ccc(CNc2ccccc2OC)n1. The molecule has 0 bridgehead atoms. The van der Waals surface area contributed by atoms with Crippen molar-refractivity contribution in [3.05, 3.63) is 42.2 Å². The van der Waals surface area contributed by atoms with E-state index in [-0.39, 0.29) is 0 Å². The molecule has 102 valence electrons. The van der Waals surface area contributed by atoms with Crippen molar-refractivity contribution in [1.29, 1.82) is 0 Å². The highest BCUT2D eigenvalue weighted by molar-refractivity contribution is 5.56. The first-order valence-corrected chi connectivity index (χ1v) is 6.65. The average molecular weight is 259 g/mol. The van der Waals surface area contributed by atoms with Gasteiger partial charge < -0.3 is 10.1 Å². The van der Waals surface area contributed by atoms with E-state index < -0.39 is 0 Å². The lowest BCUT2D eigenvalue weighted by atomic mass is 10.3. The zero-order valence-corrected chi connectivity index (χ0v) is 11.8. The minimum absolute atomic E-state index is 0.444. The Bertz CT molecular complexity index is 522. The van der Waals surface area contributed by atoms with Gasteiger partial charge >= 0.3 is 0 Å². The standard InChI is InChI=1S/C15H21N3O/c1-4-12(2)18-10-9-13(17-18)11-16-14-7-5-6-8-15(14)19-3/h5-10,12,16H,4,11H2,1-3H3. The smallest absolute Gasteiger partial charge is 0.141 e. The summed E-state index contributed by atoms with van der Waals surface area (Å²) in [6.07, 6.45) is 3.12. The number of methoxy groups -OCH3 is 1. The van der Waals surface area contributed by atoms with Crippen LogP contribution >= 0.6 is 0 Å². The summed E-state index contributed by atoms with van der Waals surface area (Å²) in [5.41, 5.74) is 2.02. The van der Waals surface area contributed by atoms with Crippen LogP contribution in [0.3, 0.4) is 0 Å². The molecule has 0 aliphatic heterocycles. The zero-order valence-electron chi connectivity index (χ0n) is 11.8. The van der Waals surface area contributed by atoms with E-state index in [0.717, 1.165) is 23.6 Å². The first kappa shape index (κ1) is 13.5. The second kappa shape index (κ2) is 6.27. The Morgan fingerprint density at radius 3 is 2.84 bits per heavy atom. The third kappa shape index (κ3) is 3.28. The molecule has 0 spiro atoms. The van der Waals surface area contributed by atoms with Crippen LogP contribution in [0, 0.1) is 0 Å². The van der Waals surface area contributed by atoms with Gasteiger partial charge in [-0.3, -0.25) is 4.68 Å². The number of hydrogen-bond donors (Lipinski definition) is 1. The summed E-state index contributed by atoms with van der Waals surface area (Å²) in [5.74, 6) is 0.851. The maximum atomic E-state index is 5.31. The molecule has 4 heteroatoms. The van der Waals surface area contributed by atoms with Crippen LogP contribution in [0.15, 0.2) is 36.5 Å². The Morgan fingerprint density at radius 1 is 1.32 bits per heavy atom. The van der Waals surface area contributed by atoms with Crippen molar-refractivity contribution in [1.82, 2.24) is 9.78 Å². The van der Waals surface area contributed by atoms with Gasteiger partial charge in [-0.15, -0.1) is 0 Å². The van der Waals surface area contributed by atoms with E-state index in [0.29, 0.717) is 12.6 Å². The Labute approximate surface area is 114 Å². The van der Waals surface area contributed by atoms with Gasteiger partial charge in [-0.25, -0.2) is 0 Å². The highest BCUT2D eigenvalue weighted by Crippen LogP contribution is 2.23. The number of benzene rings is 1. The van der Waals surface area contributed by atoms with E-state index in [1.807, 2.05) is 35.1 Å². The van der Waals surface area contributed by atoms with E-state index in [4.69, 9.17) is 4.74 Å². The first-order valence-electron chi connectivity index (χ1n) is 6.65. The van der Waals surface area contributed by atoms with E-state index >= 15 is 0 Å². The second-order valence-corrected chi connectivity index (χ2v) is 4.60. The summed E-state index contributed by atoms with van der Waals surface area (Å²) in [5, 5.41) is 7.91. The molecule has 1 atom stereocenters. The number of nitrogens with one attached hydrogen (secondary N) is 1. The van der Waals surface area contributed by atoms with Gasteiger partial charge in [0.05, 0.1) is 25.0 Å². The van der Waals surface area contributed by atoms with Gasteiger partial charge in [-0.2, -0.15) is 5.10 Å². The van der Waals surface area contributed by atoms with Gasteiger partial charge in [0.2, 0.25) is 0 Å². The van der Waals surface area contributed by atoms with E-state index in [9.17, 15) is 0 Å². The molecule has 19 heavy (non-hydrogen) atoms. The molecule has 1 aromatic carbocycles. The first-order chi connectivity index (χ1) is 9.24. The lowest BCUT2D eigenvalue weighted by Crippen LogP contribution is -2.07. The van der Waals surface area contributed by atoms with Crippen LogP contribution in [0.5, 0.6) is 5.75 Å². The lowest BCUT2D eigenvalue weighted by molar-refractivity contribution is 0.416. The third-order valence-electron chi connectivity index (χ3n) is 3.27. The fourth-order valence-corrected chi connectivity index (χ4v) is 1.88. The number of nitrogens with zero attached hydrogens (tertiary/aromatic N) is 2. The van der Waals surface area contributed by atoms with Crippen LogP contribution in [-0.2, 0) is 6.54 Å². The fourth-order valence-electron chi connectivity index (χ4n) is 1.88. The number of ether oxygens (including phenoxy) is 1. The van der Waals surface area contributed by atoms with E-state index in [2.05, 4.69) is 30.3 Å². The fraction of sp³-hybridized carbons (Fsp3) is 0.400. The van der Waals surface area contributed by atoms with Gasteiger partial charge in [-0.05, 0) is 31.5 Å². The molecule has 0 aliphatic rings. The maximum Gasteiger partial charge on any atom is 0.141 e. The topological polar surface area (TPSA) is 39.1 Å². The maximum absolute atomic E-state index is 5.31. The van der Waals surface area contributed by atoms with Crippen LogP contribution in [0.4, 0.5) is 5.69 Å². The second-order valence-electron chi connectivity index (χ2n) is 4.60. The lowest BCUT2D eigenvalue weighted by Gasteiger charge is -2.10. The quantitative estimate of drug-likeness (QED) is 0.863. The monoisotopic (exact) mass is 259 g/mol. The molecule has 1 N–H and O–H groups in total. The Hall–Kier alpha value is -1.97. The number of hydrogen-bond acceptors (Lipinski definition) is 3. The molecular weight excluding hydrogens is 238 g/mol. The van der Waals surface area contributed by atoms with Gasteiger partial charge in [-0.1, -0.05) is 19.1 Å². The van der Waals surface area contributed by atoms with Gasteiger partial charge in [0.1, 0.15) is 5.75 Å². The van der Waals surface area contributed by atoms with E-state index in [1.54, 1.807) is 7.11 Å². The predicted octanol–water partition coefficient (Wildman–Crippen LogP) is 3.47. The summed E-state index contributed by atoms with van der Waals surface area (Å²) >= 11 is 0. The Morgan fingerprint density at radius 2 is 2.11 bits per heavy atom. The van der Waals surface area contributed by atoms with Crippen molar-refractivity contribution < 1.29 is 4.74 Å². The summed E-state index contributed by atoms with van der Waals surface area (Å²) in [7, 11) is 1.68. The predicted molar refractivity (Wildman–Crippen MR) is 77.5 cm³/mol. The van der Waals surface area contributed by atoms with Gasteiger partial charge in [0, 0.05) is 12.2 Å². The third-order valence-corrected chi connectivity index (χ3v) is 3.27. The summed E-state index contributed by atoms with van der Waals surface area (Å²) < 4.78 is 7.32. The molecular formula is C15H21N3O. The number of rotatable bonds is 6. The number of aromatic nitrogens is 2. The molecule has 0 saturated heterocycles. The Balaban J connectivity index is 2.00. The average Bonchev–Trinajstić information content (AvgIpc) is 2.93. The molecule has 1 heterocycles. The molecule has 0 aliphatic carbocycles.